The summed E-state index contributed by atoms with van der Waals surface area (Å²) in [5.74, 6) is 0.689. The molecule has 100 valence electrons. The van der Waals surface area contributed by atoms with Crippen molar-refractivity contribution in [1.29, 1.82) is 0 Å². The lowest BCUT2D eigenvalue weighted by molar-refractivity contribution is 0.249. The van der Waals surface area contributed by atoms with Crippen molar-refractivity contribution in [3.63, 3.8) is 0 Å². The van der Waals surface area contributed by atoms with Gasteiger partial charge in [0.05, 0.1) is 12.8 Å². The molecule has 0 aliphatic carbocycles. The summed E-state index contributed by atoms with van der Waals surface area (Å²) in [5, 5.41) is 2.60. The number of carbonyl (C=O) groups is 1. The second-order valence-corrected chi connectivity index (χ2v) is 5.25. The fourth-order valence-electron chi connectivity index (χ4n) is 1.70. The van der Waals surface area contributed by atoms with E-state index in [2.05, 4.69) is 26.1 Å². The molecule has 1 aromatic rings. The maximum absolute atomic E-state index is 11.7. The van der Waals surface area contributed by atoms with Gasteiger partial charge in [-0.25, -0.2) is 4.79 Å². The van der Waals surface area contributed by atoms with E-state index < -0.39 is 0 Å². The number of hydrogen-bond acceptors (Lipinski definition) is 2. The van der Waals surface area contributed by atoms with Crippen LogP contribution in [-0.2, 0) is 5.41 Å². The highest BCUT2D eigenvalue weighted by atomic mass is 16.5. The number of carbonyl (C=O) groups excluding carboxylic acids is 1. The number of benzene rings is 1. The van der Waals surface area contributed by atoms with Crippen LogP contribution in [0.3, 0.4) is 0 Å². The Balaban J connectivity index is 3.26. The summed E-state index contributed by atoms with van der Waals surface area (Å²) in [5.41, 5.74) is 1.96. The quantitative estimate of drug-likeness (QED) is 0.877. The number of amides is 2. The van der Waals surface area contributed by atoms with Gasteiger partial charge in [-0.15, -0.1) is 0 Å². The molecule has 0 bridgehead atoms. The summed E-state index contributed by atoms with van der Waals surface area (Å²) in [4.78, 5) is 13.3. The molecular formula is C14H22N2O2. The van der Waals surface area contributed by atoms with Crippen LogP contribution < -0.4 is 15.0 Å². The molecule has 0 saturated heterocycles. The Hall–Kier alpha value is -1.71. The number of hydrogen-bond donors (Lipinski definition) is 1. The summed E-state index contributed by atoms with van der Waals surface area (Å²) in [6.45, 7) is 6.41. The summed E-state index contributed by atoms with van der Waals surface area (Å²) in [6, 6.07) is 5.75. The zero-order chi connectivity index (χ0) is 13.9. The van der Waals surface area contributed by atoms with Crippen LogP contribution in [-0.4, -0.2) is 27.2 Å². The molecule has 0 atom stereocenters. The number of rotatable bonds is 2. The van der Waals surface area contributed by atoms with E-state index in [9.17, 15) is 4.79 Å². The number of ether oxygens (including phenoxy) is 1. The second kappa shape index (κ2) is 5.29. The van der Waals surface area contributed by atoms with Gasteiger partial charge >= 0.3 is 6.03 Å². The molecule has 4 nitrogen and oxygen atoms in total. The number of anilines is 1. The van der Waals surface area contributed by atoms with E-state index in [1.54, 1.807) is 26.1 Å². The number of urea groups is 1. The Morgan fingerprint density at radius 2 is 1.94 bits per heavy atom. The molecule has 0 unspecified atom stereocenters. The van der Waals surface area contributed by atoms with E-state index in [4.69, 9.17) is 4.74 Å². The highest BCUT2D eigenvalue weighted by Crippen LogP contribution is 2.33. The number of nitrogens with zero attached hydrogens (tertiary/aromatic N) is 1. The monoisotopic (exact) mass is 250 g/mol. The average Bonchev–Trinajstić information content (AvgIpc) is 2.35. The van der Waals surface area contributed by atoms with Gasteiger partial charge in [-0.1, -0.05) is 26.8 Å². The van der Waals surface area contributed by atoms with E-state index in [0.717, 1.165) is 11.3 Å². The first-order valence-corrected chi connectivity index (χ1v) is 5.95. The summed E-state index contributed by atoms with van der Waals surface area (Å²) in [7, 11) is 4.94. The molecule has 0 saturated carbocycles. The Morgan fingerprint density at radius 3 is 2.39 bits per heavy atom. The van der Waals surface area contributed by atoms with Crippen LogP contribution in [0.2, 0.25) is 0 Å². The Bertz CT molecular complexity index is 436. The highest BCUT2D eigenvalue weighted by Gasteiger charge is 2.19. The first-order chi connectivity index (χ1) is 8.31. The first kappa shape index (κ1) is 14.4. The minimum Gasteiger partial charge on any atom is -0.495 e. The van der Waals surface area contributed by atoms with Crippen LogP contribution in [0.5, 0.6) is 5.75 Å². The molecule has 0 aliphatic rings. The highest BCUT2D eigenvalue weighted by molar-refractivity contribution is 5.93. The molecule has 0 heterocycles. The van der Waals surface area contributed by atoms with E-state index in [0.29, 0.717) is 5.75 Å². The molecule has 0 radical (unpaired) electrons. The van der Waals surface area contributed by atoms with Crippen LogP contribution >= 0.6 is 0 Å². The lowest BCUT2D eigenvalue weighted by Crippen LogP contribution is -2.35. The molecule has 18 heavy (non-hydrogen) atoms. The maximum Gasteiger partial charge on any atom is 0.321 e. The third-order valence-electron chi connectivity index (χ3n) is 2.92. The average molecular weight is 250 g/mol. The maximum atomic E-state index is 11.7. The van der Waals surface area contributed by atoms with Crippen LogP contribution in [0.4, 0.5) is 10.5 Å². The fourth-order valence-corrected chi connectivity index (χ4v) is 1.70. The molecule has 0 spiro atoms. The van der Waals surface area contributed by atoms with Crippen molar-refractivity contribution >= 4 is 11.7 Å². The van der Waals surface area contributed by atoms with Crippen molar-refractivity contribution in [2.24, 2.45) is 0 Å². The van der Waals surface area contributed by atoms with Gasteiger partial charge in [0, 0.05) is 14.1 Å². The molecule has 1 aromatic carbocycles. The molecular weight excluding hydrogens is 228 g/mol. The molecule has 0 aromatic heterocycles. The SMILES string of the molecule is CNC(=O)N(C)c1cc(C(C)(C)C)ccc1OC. The smallest absolute Gasteiger partial charge is 0.321 e. The van der Waals surface area contributed by atoms with Gasteiger partial charge in [0.2, 0.25) is 0 Å². The predicted molar refractivity (Wildman–Crippen MR) is 74.6 cm³/mol. The van der Waals surface area contributed by atoms with Crippen molar-refractivity contribution in [1.82, 2.24) is 5.32 Å². The van der Waals surface area contributed by atoms with Gasteiger partial charge < -0.3 is 10.1 Å². The second-order valence-electron chi connectivity index (χ2n) is 5.25. The van der Waals surface area contributed by atoms with Crippen molar-refractivity contribution in [2.75, 3.05) is 26.1 Å². The van der Waals surface area contributed by atoms with E-state index in [1.807, 2.05) is 18.2 Å². The van der Waals surface area contributed by atoms with Crippen molar-refractivity contribution < 1.29 is 9.53 Å². The van der Waals surface area contributed by atoms with Gasteiger partial charge in [0.25, 0.3) is 0 Å². The van der Waals surface area contributed by atoms with Crippen LogP contribution in [0.15, 0.2) is 18.2 Å². The van der Waals surface area contributed by atoms with Crippen molar-refractivity contribution in [2.45, 2.75) is 26.2 Å². The van der Waals surface area contributed by atoms with Gasteiger partial charge in [-0.2, -0.15) is 0 Å². The largest absolute Gasteiger partial charge is 0.495 e. The normalized spacial score (nSPS) is 11.0. The minimum absolute atomic E-state index is 0.0323. The molecule has 1 rings (SSSR count). The lowest BCUT2D eigenvalue weighted by Gasteiger charge is -2.24. The predicted octanol–water partition coefficient (Wildman–Crippen LogP) is 2.77. The van der Waals surface area contributed by atoms with Crippen molar-refractivity contribution in [3.8, 4) is 5.75 Å². The molecule has 1 N–H and O–H groups in total. The third-order valence-corrected chi connectivity index (χ3v) is 2.92. The Kier molecular flexibility index (Phi) is 4.22. The van der Waals surface area contributed by atoms with E-state index in [-0.39, 0.29) is 11.4 Å². The summed E-state index contributed by atoms with van der Waals surface area (Å²) < 4.78 is 5.31. The topological polar surface area (TPSA) is 41.6 Å². The minimum atomic E-state index is -0.167. The van der Waals surface area contributed by atoms with E-state index in [1.165, 1.54) is 0 Å². The zero-order valence-corrected chi connectivity index (χ0v) is 12.0. The zero-order valence-electron chi connectivity index (χ0n) is 12.0. The van der Waals surface area contributed by atoms with Gasteiger partial charge in [0.15, 0.2) is 0 Å². The molecule has 4 heteroatoms. The van der Waals surface area contributed by atoms with Gasteiger partial charge in [-0.3, -0.25) is 4.90 Å². The summed E-state index contributed by atoms with van der Waals surface area (Å²) in [6.07, 6.45) is 0. The van der Waals surface area contributed by atoms with E-state index >= 15 is 0 Å². The fraction of sp³-hybridized carbons (Fsp3) is 0.500. The van der Waals surface area contributed by atoms with Crippen LogP contribution in [0.1, 0.15) is 26.3 Å². The Labute approximate surface area is 109 Å². The summed E-state index contributed by atoms with van der Waals surface area (Å²) >= 11 is 0. The molecule has 2 amide bonds. The van der Waals surface area contributed by atoms with Crippen LogP contribution in [0.25, 0.3) is 0 Å². The van der Waals surface area contributed by atoms with Crippen LogP contribution in [0, 0.1) is 0 Å². The van der Waals surface area contributed by atoms with Gasteiger partial charge in [-0.05, 0) is 23.1 Å². The molecule has 0 aliphatic heterocycles. The van der Waals surface area contributed by atoms with Crippen molar-refractivity contribution in [3.05, 3.63) is 23.8 Å². The number of nitrogens with one attached hydrogen (secondary N) is 1. The lowest BCUT2D eigenvalue weighted by atomic mass is 9.86. The number of methoxy groups -OCH3 is 1. The standard InChI is InChI=1S/C14H22N2O2/c1-14(2,3)10-7-8-12(18-6)11(9-10)16(5)13(17)15-4/h7-9H,1-6H3,(H,15,17). The first-order valence-electron chi connectivity index (χ1n) is 5.95. The molecule has 0 fully saturated rings. The third kappa shape index (κ3) is 2.94. The van der Waals surface area contributed by atoms with Gasteiger partial charge in [0.1, 0.15) is 5.75 Å². The Morgan fingerprint density at radius 1 is 1.33 bits per heavy atom.